The lowest BCUT2D eigenvalue weighted by Gasteiger charge is -2.40. The number of aliphatic hydroxyl groups is 1. The van der Waals surface area contributed by atoms with Gasteiger partial charge in [0.05, 0.1) is 0 Å². The standard InChI is InChI=1S/C14H24N4O/c1-2-3-5-14(11-19)6-9-18(10-7-14)13-16-8-4-12(15)17-13/h4,8,19H,2-3,5-7,9-11H2,1H3,(H2,15,16,17). The molecule has 0 amide bonds. The molecule has 0 spiro atoms. The molecule has 1 saturated heterocycles. The second-order valence-corrected chi connectivity index (χ2v) is 5.53. The summed E-state index contributed by atoms with van der Waals surface area (Å²) < 4.78 is 0. The van der Waals surface area contributed by atoms with Gasteiger partial charge in [0.2, 0.25) is 5.95 Å². The van der Waals surface area contributed by atoms with E-state index in [1.807, 2.05) is 0 Å². The molecule has 0 radical (unpaired) electrons. The number of hydrogen-bond donors (Lipinski definition) is 2. The molecule has 106 valence electrons. The van der Waals surface area contributed by atoms with Crippen LogP contribution in [0.5, 0.6) is 0 Å². The van der Waals surface area contributed by atoms with E-state index >= 15 is 0 Å². The number of anilines is 2. The van der Waals surface area contributed by atoms with E-state index < -0.39 is 0 Å². The van der Waals surface area contributed by atoms with Gasteiger partial charge in [0.25, 0.3) is 0 Å². The first kappa shape index (κ1) is 14.1. The van der Waals surface area contributed by atoms with Crippen LogP contribution in [0.3, 0.4) is 0 Å². The van der Waals surface area contributed by atoms with Crippen molar-refractivity contribution in [3.8, 4) is 0 Å². The summed E-state index contributed by atoms with van der Waals surface area (Å²) in [7, 11) is 0. The molecule has 0 aromatic carbocycles. The Morgan fingerprint density at radius 3 is 2.74 bits per heavy atom. The van der Waals surface area contributed by atoms with Crippen molar-refractivity contribution in [2.24, 2.45) is 5.41 Å². The SMILES string of the molecule is CCCCC1(CO)CCN(c2nccc(N)n2)CC1. The Morgan fingerprint density at radius 1 is 1.42 bits per heavy atom. The van der Waals surface area contributed by atoms with Crippen LogP contribution in [0.2, 0.25) is 0 Å². The normalized spacial score (nSPS) is 18.5. The highest BCUT2D eigenvalue weighted by Crippen LogP contribution is 2.36. The van der Waals surface area contributed by atoms with Crippen LogP contribution in [0.1, 0.15) is 39.0 Å². The Bertz CT molecular complexity index is 402. The number of rotatable bonds is 5. The van der Waals surface area contributed by atoms with Crippen molar-refractivity contribution in [2.75, 3.05) is 30.3 Å². The molecule has 5 nitrogen and oxygen atoms in total. The predicted molar refractivity (Wildman–Crippen MR) is 76.9 cm³/mol. The van der Waals surface area contributed by atoms with Crippen LogP contribution >= 0.6 is 0 Å². The van der Waals surface area contributed by atoms with Crippen LogP contribution in [-0.2, 0) is 0 Å². The van der Waals surface area contributed by atoms with Crippen LogP contribution in [0, 0.1) is 5.41 Å². The minimum absolute atomic E-state index is 0.104. The molecular weight excluding hydrogens is 240 g/mol. The molecule has 1 fully saturated rings. The zero-order chi connectivity index (χ0) is 13.7. The van der Waals surface area contributed by atoms with E-state index in [2.05, 4.69) is 21.8 Å². The number of piperidine rings is 1. The van der Waals surface area contributed by atoms with Crippen LogP contribution in [-0.4, -0.2) is 34.8 Å². The van der Waals surface area contributed by atoms with Gasteiger partial charge in [-0.15, -0.1) is 0 Å². The molecule has 0 aliphatic carbocycles. The molecular formula is C14H24N4O. The summed E-state index contributed by atoms with van der Waals surface area (Å²) >= 11 is 0. The molecule has 3 N–H and O–H groups in total. The number of unbranched alkanes of at least 4 members (excludes halogenated alkanes) is 1. The maximum absolute atomic E-state index is 9.70. The molecule has 2 rings (SSSR count). The average molecular weight is 264 g/mol. The molecule has 19 heavy (non-hydrogen) atoms. The van der Waals surface area contributed by atoms with Crippen molar-refractivity contribution in [3.05, 3.63) is 12.3 Å². The Hall–Kier alpha value is -1.36. The topological polar surface area (TPSA) is 75.3 Å². The third-order valence-corrected chi connectivity index (χ3v) is 4.17. The minimum Gasteiger partial charge on any atom is -0.396 e. The van der Waals surface area contributed by atoms with E-state index in [0.717, 1.165) is 32.4 Å². The van der Waals surface area contributed by atoms with Gasteiger partial charge in [-0.25, -0.2) is 4.98 Å². The molecule has 0 unspecified atom stereocenters. The summed E-state index contributed by atoms with van der Waals surface area (Å²) in [5.41, 5.74) is 5.80. The van der Waals surface area contributed by atoms with Crippen molar-refractivity contribution in [3.63, 3.8) is 0 Å². The van der Waals surface area contributed by atoms with E-state index in [0.29, 0.717) is 18.4 Å². The number of aromatic nitrogens is 2. The van der Waals surface area contributed by atoms with Gasteiger partial charge >= 0.3 is 0 Å². The summed E-state index contributed by atoms with van der Waals surface area (Å²) in [5.74, 6) is 1.22. The van der Waals surface area contributed by atoms with Gasteiger partial charge in [0, 0.05) is 25.9 Å². The van der Waals surface area contributed by atoms with Gasteiger partial charge in [-0.1, -0.05) is 19.8 Å². The quantitative estimate of drug-likeness (QED) is 0.848. The minimum atomic E-state index is 0.104. The van der Waals surface area contributed by atoms with Gasteiger partial charge in [-0.2, -0.15) is 4.98 Å². The zero-order valence-electron chi connectivity index (χ0n) is 11.7. The molecule has 0 atom stereocenters. The van der Waals surface area contributed by atoms with Gasteiger partial charge in [-0.3, -0.25) is 0 Å². The summed E-state index contributed by atoms with van der Waals surface area (Å²) in [6.45, 7) is 4.28. The highest BCUT2D eigenvalue weighted by Gasteiger charge is 2.34. The maximum atomic E-state index is 9.70. The third kappa shape index (κ3) is 3.35. The zero-order valence-corrected chi connectivity index (χ0v) is 11.7. The van der Waals surface area contributed by atoms with Crippen molar-refractivity contribution < 1.29 is 5.11 Å². The highest BCUT2D eigenvalue weighted by atomic mass is 16.3. The summed E-state index contributed by atoms with van der Waals surface area (Å²) in [4.78, 5) is 10.7. The fraction of sp³-hybridized carbons (Fsp3) is 0.714. The van der Waals surface area contributed by atoms with Crippen molar-refractivity contribution in [1.29, 1.82) is 0 Å². The second-order valence-electron chi connectivity index (χ2n) is 5.53. The van der Waals surface area contributed by atoms with E-state index in [4.69, 9.17) is 5.73 Å². The fourth-order valence-corrected chi connectivity index (χ4v) is 2.73. The van der Waals surface area contributed by atoms with E-state index in [-0.39, 0.29) is 5.41 Å². The fourth-order valence-electron chi connectivity index (χ4n) is 2.73. The van der Waals surface area contributed by atoms with E-state index in [9.17, 15) is 5.11 Å². The monoisotopic (exact) mass is 264 g/mol. The van der Waals surface area contributed by atoms with Crippen LogP contribution in [0.15, 0.2) is 12.3 Å². The Kier molecular flexibility index (Phi) is 4.58. The third-order valence-electron chi connectivity index (χ3n) is 4.17. The molecule has 2 heterocycles. The molecule has 1 aliphatic heterocycles. The average Bonchev–Trinajstić information content (AvgIpc) is 2.46. The maximum Gasteiger partial charge on any atom is 0.227 e. The van der Waals surface area contributed by atoms with Gasteiger partial charge in [0.15, 0.2) is 0 Å². The van der Waals surface area contributed by atoms with Crippen LogP contribution < -0.4 is 10.6 Å². The Morgan fingerprint density at radius 2 is 2.16 bits per heavy atom. The first-order valence-electron chi connectivity index (χ1n) is 7.13. The van der Waals surface area contributed by atoms with Crippen molar-refractivity contribution in [1.82, 2.24) is 9.97 Å². The number of nitrogen functional groups attached to an aromatic ring is 1. The van der Waals surface area contributed by atoms with Gasteiger partial charge in [0.1, 0.15) is 5.82 Å². The lowest BCUT2D eigenvalue weighted by molar-refractivity contribution is 0.0844. The van der Waals surface area contributed by atoms with Crippen LogP contribution in [0.4, 0.5) is 11.8 Å². The molecule has 1 aliphatic rings. The van der Waals surface area contributed by atoms with Gasteiger partial charge in [-0.05, 0) is 30.7 Å². The van der Waals surface area contributed by atoms with E-state index in [1.54, 1.807) is 12.3 Å². The first-order chi connectivity index (χ1) is 9.19. The molecule has 1 aromatic rings. The molecule has 0 bridgehead atoms. The summed E-state index contributed by atoms with van der Waals surface area (Å²) in [6.07, 6.45) is 7.19. The first-order valence-corrected chi connectivity index (χ1v) is 7.13. The predicted octanol–water partition coefficient (Wildman–Crippen LogP) is 1.83. The molecule has 0 saturated carbocycles. The smallest absolute Gasteiger partial charge is 0.227 e. The summed E-state index contributed by atoms with van der Waals surface area (Å²) in [6, 6.07) is 1.70. The number of nitrogens with two attached hydrogens (primary N) is 1. The Labute approximate surface area is 114 Å². The van der Waals surface area contributed by atoms with Gasteiger partial charge < -0.3 is 15.7 Å². The molecule has 5 heteroatoms. The second kappa shape index (κ2) is 6.19. The highest BCUT2D eigenvalue weighted by molar-refractivity contribution is 5.38. The number of aliphatic hydroxyl groups excluding tert-OH is 1. The number of nitrogens with zero attached hydrogens (tertiary/aromatic N) is 3. The lowest BCUT2D eigenvalue weighted by atomic mass is 9.75. The van der Waals surface area contributed by atoms with Crippen molar-refractivity contribution in [2.45, 2.75) is 39.0 Å². The van der Waals surface area contributed by atoms with Crippen LogP contribution in [0.25, 0.3) is 0 Å². The Balaban J connectivity index is 1.97. The largest absolute Gasteiger partial charge is 0.396 e. The summed E-state index contributed by atoms with van der Waals surface area (Å²) in [5, 5.41) is 9.70. The van der Waals surface area contributed by atoms with Crippen molar-refractivity contribution >= 4 is 11.8 Å². The van der Waals surface area contributed by atoms with E-state index in [1.165, 1.54) is 12.8 Å². The number of hydrogen-bond acceptors (Lipinski definition) is 5. The lowest BCUT2D eigenvalue weighted by Crippen LogP contribution is -2.42. The molecule has 1 aromatic heterocycles.